The van der Waals surface area contributed by atoms with Gasteiger partial charge in [-0.2, -0.15) is 23.5 Å². The first-order valence-electron chi connectivity index (χ1n) is 6.51. The lowest BCUT2D eigenvalue weighted by Gasteiger charge is -2.35. The van der Waals surface area contributed by atoms with Crippen molar-refractivity contribution in [2.75, 3.05) is 30.3 Å². The van der Waals surface area contributed by atoms with Crippen molar-refractivity contribution in [1.29, 1.82) is 0 Å². The molecule has 6 heteroatoms. The zero-order chi connectivity index (χ0) is 12.5. The van der Waals surface area contributed by atoms with E-state index in [-0.39, 0.29) is 24.4 Å². The number of nitrogens with zero attached hydrogens (tertiary/aromatic N) is 1. The maximum atomic E-state index is 12.3. The molecule has 0 aromatic carbocycles. The van der Waals surface area contributed by atoms with Gasteiger partial charge in [0.25, 0.3) is 0 Å². The van der Waals surface area contributed by atoms with Gasteiger partial charge in [-0.1, -0.05) is 0 Å². The van der Waals surface area contributed by atoms with E-state index in [9.17, 15) is 9.59 Å². The van der Waals surface area contributed by atoms with E-state index in [4.69, 9.17) is 0 Å². The van der Waals surface area contributed by atoms with Crippen molar-refractivity contribution in [2.45, 2.75) is 24.1 Å². The molecular weight excluding hydrogens is 268 g/mol. The van der Waals surface area contributed by atoms with Gasteiger partial charge >= 0.3 is 0 Å². The number of rotatable bonds is 3. The van der Waals surface area contributed by atoms with Crippen molar-refractivity contribution >= 4 is 35.3 Å². The number of thioether (sulfide) groups is 2. The summed E-state index contributed by atoms with van der Waals surface area (Å²) in [6.07, 6.45) is 2.16. The summed E-state index contributed by atoms with van der Waals surface area (Å²) in [5.41, 5.74) is 0. The number of amides is 2. The quantitative estimate of drug-likeness (QED) is 0.824. The molecule has 2 atom stereocenters. The second-order valence-electron chi connectivity index (χ2n) is 5.17. The van der Waals surface area contributed by atoms with Crippen LogP contribution in [-0.4, -0.2) is 58.4 Å². The summed E-state index contributed by atoms with van der Waals surface area (Å²) in [4.78, 5) is 25.8. The number of hydrogen-bond donors (Lipinski definition) is 1. The highest BCUT2D eigenvalue weighted by Crippen LogP contribution is 2.34. The lowest BCUT2D eigenvalue weighted by molar-refractivity contribution is -0.144. The molecule has 2 unspecified atom stereocenters. The fourth-order valence-electron chi connectivity index (χ4n) is 2.52. The Kier molecular flexibility index (Phi) is 3.75. The van der Waals surface area contributed by atoms with Crippen LogP contribution in [0.1, 0.15) is 12.8 Å². The molecule has 100 valence electrons. The van der Waals surface area contributed by atoms with Gasteiger partial charge in [-0.3, -0.25) is 9.59 Å². The molecule has 4 nitrogen and oxygen atoms in total. The fourth-order valence-corrected chi connectivity index (χ4v) is 5.20. The Morgan fingerprint density at radius 2 is 2.11 bits per heavy atom. The lowest BCUT2D eigenvalue weighted by Crippen LogP contribution is -2.60. The largest absolute Gasteiger partial charge is 0.342 e. The van der Waals surface area contributed by atoms with Crippen molar-refractivity contribution in [3.63, 3.8) is 0 Å². The Balaban J connectivity index is 1.62. The third-order valence-electron chi connectivity index (χ3n) is 3.63. The molecule has 0 bridgehead atoms. The Morgan fingerprint density at radius 3 is 2.78 bits per heavy atom. The smallest absolute Gasteiger partial charge is 0.245 e. The van der Waals surface area contributed by atoms with Gasteiger partial charge in [-0.05, 0) is 18.8 Å². The average Bonchev–Trinajstić information content (AvgIpc) is 3.19. The fraction of sp³-hybridized carbons (Fsp3) is 0.833. The van der Waals surface area contributed by atoms with Crippen molar-refractivity contribution in [2.24, 2.45) is 5.92 Å². The molecule has 0 radical (unpaired) electrons. The molecule has 3 aliphatic rings. The monoisotopic (exact) mass is 286 g/mol. The van der Waals surface area contributed by atoms with Crippen LogP contribution in [0.2, 0.25) is 0 Å². The first-order chi connectivity index (χ1) is 8.74. The Labute approximate surface area is 116 Å². The number of carbonyl (C=O) groups is 2. The van der Waals surface area contributed by atoms with Gasteiger partial charge in [0.15, 0.2) is 0 Å². The van der Waals surface area contributed by atoms with Crippen molar-refractivity contribution < 1.29 is 9.59 Å². The number of piperazine rings is 1. The second-order valence-corrected chi connectivity index (χ2v) is 7.73. The van der Waals surface area contributed by atoms with Crippen LogP contribution >= 0.6 is 23.5 Å². The second kappa shape index (κ2) is 5.33. The topological polar surface area (TPSA) is 49.4 Å². The molecule has 0 spiro atoms. The number of carbonyl (C=O) groups excluding carboxylic acids is 2. The van der Waals surface area contributed by atoms with E-state index in [2.05, 4.69) is 5.32 Å². The van der Waals surface area contributed by atoms with Crippen LogP contribution in [0.3, 0.4) is 0 Å². The van der Waals surface area contributed by atoms with Gasteiger partial charge in [0, 0.05) is 29.1 Å². The van der Waals surface area contributed by atoms with Gasteiger partial charge in [0.1, 0.15) is 6.04 Å². The predicted octanol–water partition coefficient (Wildman–Crippen LogP) is 0.572. The maximum absolute atomic E-state index is 12.3. The van der Waals surface area contributed by atoms with Gasteiger partial charge in [-0.15, -0.1) is 0 Å². The highest BCUT2D eigenvalue weighted by molar-refractivity contribution is 8.06. The molecule has 2 saturated heterocycles. The summed E-state index contributed by atoms with van der Waals surface area (Å²) in [7, 11) is 0. The Hall–Kier alpha value is -0.360. The SMILES string of the molecule is O=C1CN(CC2CSCCS2)C(=O)C(C2CC2)N1. The van der Waals surface area contributed by atoms with Crippen molar-refractivity contribution in [3.8, 4) is 0 Å². The highest BCUT2D eigenvalue weighted by Gasteiger charge is 2.43. The van der Waals surface area contributed by atoms with Crippen LogP contribution in [0.25, 0.3) is 0 Å². The Bertz CT molecular complexity index is 354. The van der Waals surface area contributed by atoms with E-state index in [1.54, 1.807) is 4.90 Å². The van der Waals surface area contributed by atoms with Crippen LogP contribution in [0.15, 0.2) is 0 Å². The molecule has 3 rings (SSSR count). The van der Waals surface area contributed by atoms with Crippen molar-refractivity contribution in [1.82, 2.24) is 10.2 Å². The number of hydrogen-bond acceptors (Lipinski definition) is 4. The van der Waals surface area contributed by atoms with Crippen LogP contribution in [-0.2, 0) is 9.59 Å². The summed E-state index contributed by atoms with van der Waals surface area (Å²) >= 11 is 3.89. The molecular formula is C12H18N2O2S2. The minimum Gasteiger partial charge on any atom is -0.342 e. The molecule has 0 aromatic heterocycles. The third kappa shape index (κ3) is 2.79. The summed E-state index contributed by atoms with van der Waals surface area (Å²) in [5.74, 6) is 4.03. The zero-order valence-corrected chi connectivity index (χ0v) is 11.9. The summed E-state index contributed by atoms with van der Waals surface area (Å²) in [6.45, 7) is 0.997. The van der Waals surface area contributed by atoms with Gasteiger partial charge in [-0.25, -0.2) is 0 Å². The number of nitrogens with one attached hydrogen (secondary N) is 1. The van der Waals surface area contributed by atoms with Crippen LogP contribution in [0, 0.1) is 5.92 Å². The molecule has 3 fully saturated rings. The summed E-state index contributed by atoms with van der Waals surface area (Å²) < 4.78 is 0. The van der Waals surface area contributed by atoms with E-state index >= 15 is 0 Å². The van der Waals surface area contributed by atoms with E-state index in [0.717, 1.165) is 30.9 Å². The molecule has 2 amide bonds. The average molecular weight is 286 g/mol. The molecule has 1 aliphatic carbocycles. The van der Waals surface area contributed by atoms with Crippen LogP contribution in [0.5, 0.6) is 0 Å². The highest BCUT2D eigenvalue weighted by atomic mass is 32.2. The van der Waals surface area contributed by atoms with Crippen LogP contribution < -0.4 is 5.32 Å². The first-order valence-corrected chi connectivity index (χ1v) is 8.72. The lowest BCUT2D eigenvalue weighted by atomic mass is 10.1. The van der Waals surface area contributed by atoms with Crippen molar-refractivity contribution in [3.05, 3.63) is 0 Å². The molecule has 0 aromatic rings. The van der Waals surface area contributed by atoms with Gasteiger partial charge < -0.3 is 10.2 Å². The summed E-state index contributed by atoms with van der Waals surface area (Å²) in [6, 6.07) is -0.229. The maximum Gasteiger partial charge on any atom is 0.245 e. The molecule has 18 heavy (non-hydrogen) atoms. The molecule has 2 aliphatic heterocycles. The predicted molar refractivity (Wildman–Crippen MR) is 74.8 cm³/mol. The van der Waals surface area contributed by atoms with Gasteiger partial charge in [0.05, 0.1) is 6.54 Å². The van der Waals surface area contributed by atoms with E-state index in [0.29, 0.717) is 11.2 Å². The normalized spacial score (nSPS) is 33.4. The zero-order valence-electron chi connectivity index (χ0n) is 10.3. The minimum atomic E-state index is -0.229. The first kappa shape index (κ1) is 12.7. The Morgan fingerprint density at radius 1 is 1.28 bits per heavy atom. The third-order valence-corrected chi connectivity index (χ3v) is 6.46. The van der Waals surface area contributed by atoms with E-state index in [1.807, 2.05) is 23.5 Å². The van der Waals surface area contributed by atoms with Gasteiger partial charge in [0.2, 0.25) is 11.8 Å². The van der Waals surface area contributed by atoms with E-state index < -0.39 is 0 Å². The molecule has 1 saturated carbocycles. The minimum absolute atomic E-state index is 0.0139. The van der Waals surface area contributed by atoms with E-state index in [1.165, 1.54) is 5.75 Å². The molecule has 1 N–H and O–H groups in total. The molecule has 2 heterocycles. The van der Waals surface area contributed by atoms with Crippen LogP contribution in [0.4, 0.5) is 0 Å². The standard InChI is InChI=1S/C12H18N2O2S2/c15-10-6-14(5-9-7-17-3-4-18-9)12(16)11(13-10)8-1-2-8/h8-9,11H,1-7H2,(H,13,15). The summed E-state index contributed by atoms with van der Waals surface area (Å²) in [5, 5.41) is 3.35.